The topological polar surface area (TPSA) is 34.1 Å². The molecule has 0 amide bonds. The number of hydrogen-bond acceptors (Lipinski definition) is 2. The molecule has 0 N–H and O–H groups in total. The minimum atomic E-state index is 0.712. The Hall–Kier alpha value is -0.660. The lowest BCUT2D eigenvalue weighted by Gasteiger charge is -2.35. The van der Waals surface area contributed by atoms with Crippen molar-refractivity contribution < 1.29 is 9.59 Å². The van der Waals surface area contributed by atoms with E-state index in [0.717, 1.165) is 78.8 Å². The Labute approximate surface area is 172 Å². The molecule has 4 saturated carbocycles. The van der Waals surface area contributed by atoms with Gasteiger partial charge in [0, 0.05) is 12.8 Å². The fraction of sp³-hybridized carbons (Fsp3) is 0.923. The van der Waals surface area contributed by atoms with E-state index in [9.17, 15) is 9.59 Å². The molecule has 0 heterocycles. The molecule has 158 valence electrons. The first kappa shape index (κ1) is 20.6. The van der Waals surface area contributed by atoms with Crippen LogP contribution in [0.3, 0.4) is 0 Å². The molecule has 0 aromatic heterocycles. The standard InChI is InChI=1S/C26H42O2/c1-17(14-20-7-5-19(6-8-20)4-3-12-27)15-21-9-10-23-25-18(2)24(26(21)23)16-22(25)11-13-28/h12-13,17-26H,3-11,14-16H2,1-2H3/t17?,18-,19?,20?,21?,22?,23+,24?,25?,26?/m1/s1. The van der Waals surface area contributed by atoms with Gasteiger partial charge in [-0.3, -0.25) is 0 Å². The lowest BCUT2D eigenvalue weighted by atomic mass is 9.70. The second kappa shape index (κ2) is 9.00. The molecule has 0 aromatic carbocycles. The fourth-order valence-corrected chi connectivity index (χ4v) is 8.83. The van der Waals surface area contributed by atoms with Crippen molar-refractivity contribution in [2.24, 2.45) is 59.2 Å². The van der Waals surface area contributed by atoms with Crippen molar-refractivity contribution in [1.82, 2.24) is 0 Å². The molecule has 4 aliphatic carbocycles. The fourth-order valence-electron chi connectivity index (χ4n) is 8.83. The van der Waals surface area contributed by atoms with Crippen LogP contribution in [-0.2, 0) is 9.59 Å². The zero-order chi connectivity index (χ0) is 19.7. The molecule has 2 nitrogen and oxygen atoms in total. The third-order valence-corrected chi connectivity index (χ3v) is 9.80. The SMILES string of the molecule is CC(CC1CCC(CCC=O)CC1)CC1CC[C@@H]2C1C1CC(CC=O)C2[C@@H]1C. The molecule has 28 heavy (non-hydrogen) atoms. The monoisotopic (exact) mass is 386 g/mol. The van der Waals surface area contributed by atoms with Crippen molar-refractivity contribution in [2.45, 2.75) is 90.9 Å². The lowest BCUT2D eigenvalue weighted by molar-refractivity contribution is -0.109. The molecule has 8 atom stereocenters. The normalized spacial score (nSPS) is 45.7. The van der Waals surface area contributed by atoms with Crippen molar-refractivity contribution in [3.05, 3.63) is 0 Å². The Morgan fingerprint density at radius 3 is 2.29 bits per heavy atom. The van der Waals surface area contributed by atoms with Crippen molar-refractivity contribution in [1.29, 1.82) is 0 Å². The van der Waals surface area contributed by atoms with Gasteiger partial charge < -0.3 is 9.59 Å². The maximum atomic E-state index is 11.1. The highest BCUT2D eigenvalue weighted by molar-refractivity contribution is 5.50. The molecule has 6 unspecified atom stereocenters. The van der Waals surface area contributed by atoms with Gasteiger partial charge in [-0.05, 0) is 97.7 Å². The minimum Gasteiger partial charge on any atom is -0.303 e. The molecule has 0 aromatic rings. The van der Waals surface area contributed by atoms with Crippen LogP contribution in [-0.4, -0.2) is 12.6 Å². The van der Waals surface area contributed by atoms with Crippen LogP contribution >= 0.6 is 0 Å². The van der Waals surface area contributed by atoms with E-state index < -0.39 is 0 Å². The van der Waals surface area contributed by atoms with Crippen LogP contribution < -0.4 is 0 Å². The molecule has 0 radical (unpaired) electrons. The first-order valence-electron chi connectivity index (χ1n) is 12.5. The van der Waals surface area contributed by atoms with Crippen LogP contribution in [0.1, 0.15) is 90.9 Å². The van der Waals surface area contributed by atoms with Crippen LogP contribution in [0.4, 0.5) is 0 Å². The van der Waals surface area contributed by atoms with Gasteiger partial charge in [-0.2, -0.15) is 0 Å². The summed E-state index contributed by atoms with van der Waals surface area (Å²) in [4.78, 5) is 21.7. The average molecular weight is 387 g/mol. The molecular weight excluding hydrogens is 344 g/mol. The Morgan fingerprint density at radius 1 is 0.821 bits per heavy atom. The number of fused-ring (bicyclic) bond motifs is 5. The van der Waals surface area contributed by atoms with Gasteiger partial charge in [0.05, 0.1) is 0 Å². The van der Waals surface area contributed by atoms with Gasteiger partial charge in [-0.15, -0.1) is 0 Å². The van der Waals surface area contributed by atoms with Crippen molar-refractivity contribution in [2.75, 3.05) is 0 Å². The Morgan fingerprint density at radius 2 is 1.57 bits per heavy atom. The van der Waals surface area contributed by atoms with E-state index in [1.165, 1.54) is 64.1 Å². The Bertz CT molecular complexity index is 533. The number of aldehydes is 2. The van der Waals surface area contributed by atoms with Crippen LogP contribution in [0, 0.1) is 59.2 Å². The minimum absolute atomic E-state index is 0.712. The van der Waals surface area contributed by atoms with Gasteiger partial charge >= 0.3 is 0 Å². The van der Waals surface area contributed by atoms with Crippen LogP contribution in [0.15, 0.2) is 0 Å². The van der Waals surface area contributed by atoms with Gasteiger partial charge in [0.25, 0.3) is 0 Å². The van der Waals surface area contributed by atoms with Crippen molar-refractivity contribution >= 4 is 12.6 Å². The predicted octanol–water partition coefficient (Wildman–Crippen LogP) is 6.32. The molecule has 4 fully saturated rings. The number of carbonyl (C=O) groups excluding carboxylic acids is 2. The summed E-state index contributed by atoms with van der Waals surface area (Å²) in [5.41, 5.74) is 0. The molecule has 0 spiro atoms. The zero-order valence-electron chi connectivity index (χ0n) is 18.2. The molecule has 0 saturated heterocycles. The summed E-state index contributed by atoms with van der Waals surface area (Å²) in [7, 11) is 0. The van der Waals surface area contributed by atoms with E-state index in [-0.39, 0.29) is 0 Å². The maximum absolute atomic E-state index is 11.1. The first-order valence-corrected chi connectivity index (χ1v) is 12.5. The van der Waals surface area contributed by atoms with E-state index in [0.29, 0.717) is 5.92 Å². The third kappa shape index (κ3) is 3.99. The van der Waals surface area contributed by atoms with Crippen molar-refractivity contribution in [3.8, 4) is 0 Å². The van der Waals surface area contributed by atoms with Gasteiger partial charge in [0.1, 0.15) is 12.6 Å². The highest BCUT2D eigenvalue weighted by Crippen LogP contribution is 2.66. The maximum Gasteiger partial charge on any atom is 0.120 e. The molecule has 2 bridgehead atoms. The molecule has 0 aliphatic heterocycles. The number of carbonyl (C=O) groups is 2. The second-order valence-corrected chi connectivity index (χ2v) is 11.3. The summed E-state index contributed by atoms with van der Waals surface area (Å²) < 4.78 is 0. The summed E-state index contributed by atoms with van der Waals surface area (Å²) in [6, 6.07) is 0. The second-order valence-electron chi connectivity index (χ2n) is 11.3. The van der Waals surface area contributed by atoms with Crippen LogP contribution in [0.25, 0.3) is 0 Å². The van der Waals surface area contributed by atoms with E-state index in [4.69, 9.17) is 0 Å². The molecule has 2 heteroatoms. The summed E-state index contributed by atoms with van der Waals surface area (Å²) >= 11 is 0. The van der Waals surface area contributed by atoms with Gasteiger partial charge in [-0.25, -0.2) is 0 Å². The predicted molar refractivity (Wildman–Crippen MR) is 114 cm³/mol. The summed E-state index contributed by atoms with van der Waals surface area (Å²) in [5, 5.41) is 0. The Kier molecular flexibility index (Phi) is 6.63. The summed E-state index contributed by atoms with van der Waals surface area (Å²) in [5.74, 6) is 8.92. The van der Waals surface area contributed by atoms with E-state index in [1.54, 1.807) is 0 Å². The van der Waals surface area contributed by atoms with E-state index in [2.05, 4.69) is 13.8 Å². The first-order chi connectivity index (χ1) is 13.6. The van der Waals surface area contributed by atoms with E-state index >= 15 is 0 Å². The Balaban J connectivity index is 1.25. The van der Waals surface area contributed by atoms with Crippen LogP contribution in [0.5, 0.6) is 0 Å². The highest BCUT2D eigenvalue weighted by Gasteiger charge is 2.60. The van der Waals surface area contributed by atoms with E-state index in [1.807, 2.05) is 0 Å². The molecule has 4 aliphatic rings. The quantitative estimate of drug-likeness (QED) is 0.434. The largest absolute Gasteiger partial charge is 0.303 e. The average Bonchev–Trinajstić information content (AvgIpc) is 3.31. The van der Waals surface area contributed by atoms with Crippen molar-refractivity contribution in [3.63, 3.8) is 0 Å². The van der Waals surface area contributed by atoms with Gasteiger partial charge in [-0.1, -0.05) is 39.5 Å². The molecular formula is C26H42O2. The number of hydrogen-bond donors (Lipinski definition) is 0. The smallest absolute Gasteiger partial charge is 0.120 e. The zero-order valence-corrected chi connectivity index (χ0v) is 18.2. The summed E-state index contributed by atoms with van der Waals surface area (Å²) in [6.45, 7) is 5.03. The highest BCUT2D eigenvalue weighted by atomic mass is 16.1. The third-order valence-electron chi connectivity index (χ3n) is 9.80. The van der Waals surface area contributed by atoms with Crippen LogP contribution in [0.2, 0.25) is 0 Å². The number of rotatable bonds is 9. The molecule has 4 rings (SSSR count). The summed E-state index contributed by atoms with van der Waals surface area (Å²) in [6.07, 6.45) is 17.7. The van der Waals surface area contributed by atoms with Gasteiger partial charge in [0.2, 0.25) is 0 Å². The van der Waals surface area contributed by atoms with Gasteiger partial charge in [0.15, 0.2) is 0 Å². The lowest BCUT2D eigenvalue weighted by Crippen LogP contribution is -2.28.